The van der Waals surface area contributed by atoms with Crippen LogP contribution in [-0.2, 0) is 28.9 Å². The Morgan fingerprint density at radius 3 is 2.30 bits per heavy atom. The highest BCUT2D eigenvalue weighted by molar-refractivity contribution is 5.89. The Hall–Kier alpha value is -2.97. The van der Waals surface area contributed by atoms with Crippen molar-refractivity contribution in [2.24, 2.45) is 5.73 Å². The van der Waals surface area contributed by atoms with Crippen LogP contribution in [-0.4, -0.2) is 49.3 Å². The van der Waals surface area contributed by atoms with E-state index in [1.165, 1.54) is 5.56 Å². The van der Waals surface area contributed by atoms with Crippen molar-refractivity contribution in [3.63, 3.8) is 0 Å². The SMILES string of the molecule is COc1cc2c(cc1OC)CC(N[C@@H](Cc1ccc(O)cc1)C(=O)N[C@@H](C)C(N)=O)CC2.Cl. The summed E-state index contributed by atoms with van der Waals surface area (Å²) in [6, 6.07) is 9.48. The van der Waals surface area contributed by atoms with Gasteiger partial charge in [-0.05, 0) is 73.6 Å². The Bertz CT molecular complexity index is 967. The Labute approximate surface area is 200 Å². The first-order valence-electron chi connectivity index (χ1n) is 10.7. The van der Waals surface area contributed by atoms with Gasteiger partial charge in [-0.1, -0.05) is 12.1 Å². The highest BCUT2D eigenvalue weighted by atomic mass is 35.5. The molecule has 3 rings (SSSR count). The van der Waals surface area contributed by atoms with Gasteiger partial charge >= 0.3 is 0 Å². The van der Waals surface area contributed by atoms with E-state index < -0.39 is 18.0 Å². The van der Waals surface area contributed by atoms with Crippen LogP contribution < -0.4 is 25.8 Å². The average molecular weight is 478 g/mol. The number of carbonyl (C=O) groups is 2. The van der Waals surface area contributed by atoms with Crippen LogP contribution in [0.1, 0.15) is 30.0 Å². The minimum Gasteiger partial charge on any atom is -0.508 e. The molecule has 1 unspecified atom stereocenters. The lowest BCUT2D eigenvalue weighted by molar-refractivity contribution is -0.128. The summed E-state index contributed by atoms with van der Waals surface area (Å²) in [4.78, 5) is 24.4. The van der Waals surface area contributed by atoms with Crippen molar-refractivity contribution in [3.8, 4) is 17.2 Å². The fourth-order valence-corrected chi connectivity index (χ4v) is 3.99. The summed E-state index contributed by atoms with van der Waals surface area (Å²) in [6.45, 7) is 1.56. The second kappa shape index (κ2) is 11.8. The average Bonchev–Trinajstić information content (AvgIpc) is 2.78. The van der Waals surface area contributed by atoms with Crippen molar-refractivity contribution in [1.29, 1.82) is 0 Å². The molecule has 0 radical (unpaired) electrons. The molecule has 180 valence electrons. The van der Waals surface area contributed by atoms with Crippen LogP contribution in [0.5, 0.6) is 17.2 Å². The van der Waals surface area contributed by atoms with Crippen LogP contribution in [0.15, 0.2) is 36.4 Å². The van der Waals surface area contributed by atoms with E-state index in [9.17, 15) is 14.7 Å². The molecule has 0 saturated heterocycles. The summed E-state index contributed by atoms with van der Waals surface area (Å²) in [5.41, 5.74) is 8.58. The van der Waals surface area contributed by atoms with Gasteiger partial charge in [0, 0.05) is 6.04 Å². The number of carbonyl (C=O) groups excluding carboxylic acids is 2. The lowest BCUT2D eigenvalue weighted by Gasteiger charge is -2.30. The zero-order valence-electron chi connectivity index (χ0n) is 19.1. The monoisotopic (exact) mass is 477 g/mol. The first-order valence-corrected chi connectivity index (χ1v) is 10.7. The molecule has 1 aliphatic carbocycles. The second-order valence-corrected chi connectivity index (χ2v) is 8.14. The van der Waals surface area contributed by atoms with Gasteiger partial charge < -0.3 is 30.9 Å². The summed E-state index contributed by atoms with van der Waals surface area (Å²) in [5, 5.41) is 15.7. The van der Waals surface area contributed by atoms with Crippen molar-refractivity contribution in [2.45, 2.75) is 50.7 Å². The van der Waals surface area contributed by atoms with E-state index >= 15 is 0 Å². The number of fused-ring (bicyclic) bond motifs is 1. The number of hydrogen-bond acceptors (Lipinski definition) is 6. The number of phenols is 1. The first kappa shape index (κ1) is 26.3. The van der Waals surface area contributed by atoms with E-state index in [1.807, 2.05) is 12.1 Å². The zero-order chi connectivity index (χ0) is 23.3. The summed E-state index contributed by atoms with van der Waals surface area (Å²) < 4.78 is 10.8. The molecule has 2 amide bonds. The highest BCUT2D eigenvalue weighted by Crippen LogP contribution is 2.34. The predicted molar refractivity (Wildman–Crippen MR) is 128 cm³/mol. The van der Waals surface area contributed by atoms with E-state index in [0.717, 1.165) is 30.4 Å². The van der Waals surface area contributed by atoms with Crippen LogP contribution >= 0.6 is 12.4 Å². The van der Waals surface area contributed by atoms with Gasteiger partial charge in [0.1, 0.15) is 11.8 Å². The van der Waals surface area contributed by atoms with Crippen LogP contribution in [0, 0.1) is 0 Å². The summed E-state index contributed by atoms with van der Waals surface area (Å²) >= 11 is 0. The van der Waals surface area contributed by atoms with Crippen LogP contribution in [0.3, 0.4) is 0 Å². The lowest BCUT2D eigenvalue weighted by Crippen LogP contribution is -2.54. The van der Waals surface area contributed by atoms with Crippen molar-refractivity contribution in [3.05, 3.63) is 53.1 Å². The molecule has 3 atom stereocenters. The molecule has 2 aromatic rings. The second-order valence-electron chi connectivity index (χ2n) is 8.14. The van der Waals surface area contributed by atoms with E-state index in [-0.39, 0.29) is 30.1 Å². The maximum Gasteiger partial charge on any atom is 0.239 e. The Kier molecular flexibility index (Phi) is 9.37. The number of amides is 2. The number of aryl methyl sites for hydroxylation is 1. The summed E-state index contributed by atoms with van der Waals surface area (Å²) in [5.74, 6) is 0.679. The smallest absolute Gasteiger partial charge is 0.239 e. The molecule has 1 aliphatic rings. The largest absolute Gasteiger partial charge is 0.508 e. The molecule has 0 heterocycles. The highest BCUT2D eigenvalue weighted by Gasteiger charge is 2.28. The predicted octanol–water partition coefficient (Wildman–Crippen LogP) is 1.88. The summed E-state index contributed by atoms with van der Waals surface area (Å²) in [7, 11) is 3.23. The molecule has 33 heavy (non-hydrogen) atoms. The minimum atomic E-state index is -0.768. The van der Waals surface area contributed by atoms with E-state index in [2.05, 4.69) is 10.6 Å². The Balaban J connectivity index is 0.00000385. The fraction of sp³-hybridized carbons (Fsp3) is 0.417. The fourth-order valence-electron chi connectivity index (χ4n) is 3.99. The van der Waals surface area contributed by atoms with Crippen molar-refractivity contribution in [1.82, 2.24) is 10.6 Å². The molecule has 0 saturated carbocycles. The topological polar surface area (TPSA) is 123 Å². The third-order valence-corrected chi connectivity index (χ3v) is 5.85. The van der Waals surface area contributed by atoms with Gasteiger partial charge in [-0.25, -0.2) is 0 Å². The van der Waals surface area contributed by atoms with E-state index in [0.29, 0.717) is 17.9 Å². The maximum absolute atomic E-state index is 13.0. The number of ether oxygens (including phenoxy) is 2. The molecule has 0 fully saturated rings. The molecule has 5 N–H and O–H groups in total. The molecule has 0 aromatic heterocycles. The van der Waals surface area contributed by atoms with Gasteiger partial charge in [0.05, 0.1) is 20.3 Å². The van der Waals surface area contributed by atoms with E-state index in [1.54, 1.807) is 45.4 Å². The number of benzene rings is 2. The zero-order valence-corrected chi connectivity index (χ0v) is 19.9. The number of rotatable bonds is 9. The number of phenolic OH excluding ortho intramolecular Hbond substituents is 1. The van der Waals surface area contributed by atoms with Gasteiger partial charge in [-0.15, -0.1) is 12.4 Å². The van der Waals surface area contributed by atoms with Crippen LogP contribution in [0.2, 0.25) is 0 Å². The number of methoxy groups -OCH3 is 2. The van der Waals surface area contributed by atoms with E-state index in [4.69, 9.17) is 15.2 Å². The number of nitrogens with one attached hydrogen (secondary N) is 2. The lowest BCUT2D eigenvalue weighted by atomic mass is 9.87. The molecule has 2 aromatic carbocycles. The maximum atomic E-state index is 13.0. The Morgan fingerprint density at radius 1 is 1.12 bits per heavy atom. The molecule has 0 bridgehead atoms. The molecular formula is C24H32ClN3O5. The van der Waals surface area contributed by atoms with Gasteiger partial charge in [-0.3, -0.25) is 9.59 Å². The third-order valence-electron chi connectivity index (χ3n) is 5.85. The van der Waals surface area contributed by atoms with Gasteiger partial charge in [0.15, 0.2) is 11.5 Å². The Morgan fingerprint density at radius 2 is 1.73 bits per heavy atom. The standard InChI is InChI=1S/C24H31N3O5.ClH/c1-14(23(25)29)26-24(30)20(10-15-4-8-19(28)9-5-15)27-18-7-6-16-12-21(31-2)22(32-3)13-17(16)11-18;/h4-5,8-9,12-14,18,20,27-28H,6-7,10-11H2,1-3H3,(H2,25,29)(H,26,30);1H/t14-,18?,20-;/m0./s1. The van der Waals surface area contributed by atoms with Crippen molar-refractivity contribution >= 4 is 24.2 Å². The van der Waals surface area contributed by atoms with Gasteiger partial charge in [0.25, 0.3) is 0 Å². The first-order chi connectivity index (χ1) is 15.3. The number of primary amides is 1. The van der Waals surface area contributed by atoms with Crippen LogP contribution in [0.25, 0.3) is 0 Å². The molecule has 8 nitrogen and oxygen atoms in total. The number of hydrogen-bond donors (Lipinski definition) is 4. The minimum absolute atomic E-state index is 0. The van der Waals surface area contributed by atoms with Crippen molar-refractivity contribution < 1.29 is 24.2 Å². The van der Waals surface area contributed by atoms with Gasteiger partial charge in [-0.2, -0.15) is 0 Å². The normalized spacial score (nSPS) is 16.5. The summed E-state index contributed by atoms with van der Waals surface area (Å²) in [6.07, 6.45) is 2.85. The number of aromatic hydroxyl groups is 1. The third kappa shape index (κ3) is 6.76. The molecular weight excluding hydrogens is 446 g/mol. The number of halogens is 1. The molecule has 0 aliphatic heterocycles. The molecule has 9 heteroatoms. The van der Waals surface area contributed by atoms with Crippen LogP contribution in [0.4, 0.5) is 0 Å². The quantitative estimate of drug-likeness (QED) is 0.437. The molecule has 0 spiro atoms. The van der Waals surface area contributed by atoms with Crippen molar-refractivity contribution in [2.75, 3.05) is 14.2 Å². The number of nitrogens with two attached hydrogens (primary N) is 1. The van der Waals surface area contributed by atoms with Gasteiger partial charge in [0.2, 0.25) is 11.8 Å².